The van der Waals surface area contributed by atoms with Gasteiger partial charge in [0, 0.05) is 8.86 Å². The summed E-state index contributed by atoms with van der Waals surface area (Å²) in [6.07, 6.45) is 0. The summed E-state index contributed by atoms with van der Waals surface area (Å²) in [5, 5.41) is 8.46. The second-order valence-electron chi connectivity index (χ2n) is 1.96. The van der Waals surface area contributed by atoms with Crippen molar-refractivity contribution in [3.63, 3.8) is 0 Å². The van der Waals surface area contributed by atoms with E-state index < -0.39 is 23.6 Å². The largest absolute Gasteiger partial charge is 0.480 e. The van der Waals surface area contributed by atoms with Crippen LogP contribution in [-0.4, -0.2) is 21.9 Å². The Morgan fingerprint density at radius 3 is 2.67 bits per heavy atom. The van der Waals surface area contributed by atoms with Gasteiger partial charge in [0.2, 0.25) is 0 Å². The minimum absolute atomic E-state index is 1.18. The first-order chi connectivity index (χ1) is 5.10. The van der Waals surface area contributed by atoms with Gasteiger partial charge in [-0.2, -0.15) is 12.6 Å². The van der Waals surface area contributed by atoms with E-state index in [-0.39, 0.29) is 0 Å². The average Bonchev–Trinajstić information content (AvgIpc) is 1.83. The Kier molecular flexibility index (Phi) is 1.31. The number of thiol groups is 1. The first kappa shape index (κ1) is 4.57. The van der Waals surface area contributed by atoms with Gasteiger partial charge in [-0.3, -0.25) is 4.79 Å². The second kappa shape index (κ2) is 2.58. The number of carboxylic acids is 1. The molecule has 0 aliphatic carbocycles. The maximum atomic E-state index is 10.4. The van der Waals surface area contributed by atoms with Gasteiger partial charge in [0.15, 0.2) is 0 Å². The lowest BCUT2D eigenvalue weighted by Crippen LogP contribution is -2.45. The zero-order valence-corrected chi connectivity index (χ0v) is 5.85. The van der Waals surface area contributed by atoms with Crippen molar-refractivity contribution < 1.29 is 14.0 Å². The Bertz CT molecular complexity index is 192. The van der Waals surface area contributed by atoms with E-state index in [4.69, 9.17) is 15.0 Å². The molecule has 0 saturated carbocycles. The number of rotatable bonds is 2. The van der Waals surface area contributed by atoms with Crippen LogP contribution in [0.15, 0.2) is 0 Å². The lowest BCUT2D eigenvalue weighted by atomic mass is 10.1. The molecule has 0 aliphatic heterocycles. The highest BCUT2D eigenvalue weighted by Crippen LogP contribution is 2.15. The molecule has 9 heavy (non-hydrogen) atoms. The number of hydrogen-bond acceptors (Lipinski definition) is 3. The van der Waals surface area contributed by atoms with Crippen LogP contribution in [0.2, 0.25) is 0 Å². The van der Waals surface area contributed by atoms with E-state index in [2.05, 4.69) is 12.6 Å². The summed E-state index contributed by atoms with van der Waals surface area (Å²) >= 11 is 3.73. The highest BCUT2D eigenvalue weighted by molar-refractivity contribution is 7.81. The molecule has 2 atom stereocenters. The quantitative estimate of drug-likeness (QED) is 0.492. The first-order valence-electron chi connectivity index (χ1n) is 3.81. The van der Waals surface area contributed by atoms with Crippen molar-refractivity contribution in [2.75, 3.05) is 0 Å². The Morgan fingerprint density at radius 2 is 2.56 bits per heavy atom. The van der Waals surface area contributed by atoms with Crippen LogP contribution in [0.1, 0.15) is 17.9 Å². The Balaban J connectivity index is 4.73. The van der Waals surface area contributed by atoms with E-state index in [1.165, 1.54) is 6.92 Å². The Morgan fingerprint density at radius 1 is 2.11 bits per heavy atom. The van der Waals surface area contributed by atoms with Crippen LogP contribution in [0.5, 0.6) is 0 Å². The molecule has 0 aromatic carbocycles. The third-order valence-corrected chi connectivity index (χ3v) is 1.15. The lowest BCUT2D eigenvalue weighted by Gasteiger charge is -2.21. The molecule has 0 aromatic heterocycles. The van der Waals surface area contributed by atoms with Gasteiger partial charge in [-0.15, -0.1) is 0 Å². The van der Waals surface area contributed by atoms with E-state index in [1.54, 1.807) is 0 Å². The van der Waals surface area contributed by atoms with Gasteiger partial charge in [-0.05, 0) is 13.8 Å². The molecule has 0 rings (SSSR count). The summed E-state index contributed by atoms with van der Waals surface area (Å²) in [6.45, 7) is -1.31. The molecule has 0 aromatic rings. The molecule has 0 amide bonds. The number of hydrogen-bond donors (Lipinski definition) is 3. The molecule has 0 fully saturated rings. The fraction of sp³-hybridized carbons (Fsp3) is 0.800. The maximum Gasteiger partial charge on any atom is 0.321 e. The molecule has 0 spiro atoms. The summed E-state index contributed by atoms with van der Waals surface area (Å²) in [5.41, 5.74) is 5.14. The van der Waals surface area contributed by atoms with Gasteiger partial charge in [-0.25, -0.2) is 0 Å². The monoisotopic (exact) mass is 152 g/mol. The molecule has 0 radical (unpaired) electrons. The van der Waals surface area contributed by atoms with Crippen molar-refractivity contribution in [3.8, 4) is 0 Å². The van der Waals surface area contributed by atoms with Crippen LogP contribution < -0.4 is 5.73 Å². The van der Waals surface area contributed by atoms with Crippen molar-refractivity contribution in [1.82, 2.24) is 0 Å². The standard InChI is InChI=1S/C5H11NO2S/c1-5(2,9)3(6)4(7)8/h3,9H,6H2,1-2H3,(H,7,8)/t3-/m0/s1/i1D3/t3-,5-. The topological polar surface area (TPSA) is 63.3 Å². The number of nitrogens with two attached hydrogens (primary N) is 1. The molecular weight excluding hydrogens is 138 g/mol. The van der Waals surface area contributed by atoms with Gasteiger partial charge in [0.05, 0.1) is 0 Å². The summed E-state index contributed by atoms with van der Waals surface area (Å²) in [5.74, 6) is -1.37. The van der Waals surface area contributed by atoms with Gasteiger partial charge < -0.3 is 10.8 Å². The molecule has 0 heterocycles. The fourth-order valence-corrected chi connectivity index (χ4v) is 0.351. The van der Waals surface area contributed by atoms with Gasteiger partial charge >= 0.3 is 5.97 Å². The summed E-state index contributed by atoms with van der Waals surface area (Å²) in [6, 6.07) is -1.51. The highest BCUT2D eigenvalue weighted by atomic mass is 32.1. The van der Waals surface area contributed by atoms with Crippen molar-refractivity contribution in [2.24, 2.45) is 5.73 Å². The van der Waals surface area contributed by atoms with Crippen molar-refractivity contribution in [3.05, 3.63) is 0 Å². The molecule has 3 N–H and O–H groups in total. The zero-order valence-electron chi connectivity index (χ0n) is 7.96. The summed E-state index contributed by atoms with van der Waals surface area (Å²) in [7, 11) is 0. The lowest BCUT2D eigenvalue weighted by molar-refractivity contribution is -0.139. The number of carboxylic acid groups (broad SMARTS) is 1. The molecule has 0 unspecified atom stereocenters. The molecule has 4 heteroatoms. The summed E-state index contributed by atoms with van der Waals surface area (Å²) in [4.78, 5) is 10.4. The van der Waals surface area contributed by atoms with Crippen LogP contribution in [0.25, 0.3) is 0 Å². The van der Waals surface area contributed by atoms with Crippen molar-refractivity contribution in [1.29, 1.82) is 0 Å². The van der Waals surface area contributed by atoms with Gasteiger partial charge in [0.1, 0.15) is 6.04 Å². The molecule has 54 valence electrons. The average molecular weight is 152 g/mol. The molecule has 3 nitrogen and oxygen atoms in total. The Labute approximate surface area is 63.9 Å². The Hall–Kier alpha value is -0.220. The molecule has 0 aliphatic rings. The minimum atomic E-state index is -2.49. The third-order valence-electron chi connectivity index (χ3n) is 0.872. The van der Waals surface area contributed by atoms with Crippen molar-refractivity contribution >= 4 is 18.6 Å². The maximum absolute atomic E-state index is 10.4. The minimum Gasteiger partial charge on any atom is -0.480 e. The SMILES string of the molecule is [2H]C([2H])([2H])[C@@](C)(S)[C@@H](N)C(=O)O. The van der Waals surface area contributed by atoms with Crippen LogP contribution in [-0.2, 0) is 4.79 Å². The predicted octanol–water partition coefficient (Wildman–Crippen LogP) is 0.107. The summed E-state index contributed by atoms with van der Waals surface area (Å²) < 4.78 is 19.2. The molecular formula is C5H11NO2S. The molecule has 0 bridgehead atoms. The van der Waals surface area contributed by atoms with Crippen LogP contribution in [0.3, 0.4) is 0 Å². The van der Waals surface area contributed by atoms with E-state index in [0.717, 1.165) is 0 Å². The second-order valence-corrected chi connectivity index (χ2v) is 2.89. The van der Waals surface area contributed by atoms with Crippen LogP contribution in [0, 0.1) is 0 Å². The van der Waals surface area contributed by atoms with Crippen LogP contribution >= 0.6 is 12.6 Å². The van der Waals surface area contributed by atoms with Crippen LogP contribution in [0.4, 0.5) is 0 Å². The third kappa shape index (κ3) is 2.72. The first-order valence-corrected chi connectivity index (χ1v) is 2.76. The van der Waals surface area contributed by atoms with E-state index in [1.807, 2.05) is 0 Å². The van der Waals surface area contributed by atoms with Gasteiger partial charge in [-0.1, -0.05) is 0 Å². The van der Waals surface area contributed by atoms with Gasteiger partial charge in [0.25, 0.3) is 0 Å². The normalized spacial score (nSPS) is 26.8. The van der Waals surface area contributed by atoms with Crippen molar-refractivity contribution in [2.45, 2.75) is 24.6 Å². The van der Waals surface area contributed by atoms with E-state index in [9.17, 15) is 4.79 Å². The van der Waals surface area contributed by atoms with E-state index >= 15 is 0 Å². The smallest absolute Gasteiger partial charge is 0.321 e. The van der Waals surface area contributed by atoms with E-state index in [0.29, 0.717) is 0 Å². The molecule has 0 saturated heterocycles. The highest BCUT2D eigenvalue weighted by Gasteiger charge is 2.27. The number of carbonyl (C=O) groups is 1. The zero-order chi connectivity index (χ0) is 10.2. The fourth-order valence-electron chi connectivity index (χ4n) is 0.240. The predicted molar refractivity (Wildman–Crippen MR) is 38.7 cm³/mol. The number of aliphatic carboxylic acids is 1.